The Balaban J connectivity index is 2.60. The van der Waals surface area contributed by atoms with Gasteiger partial charge in [-0.2, -0.15) is 0 Å². The quantitative estimate of drug-likeness (QED) is 0.669. The van der Waals surface area contributed by atoms with E-state index in [0.29, 0.717) is 0 Å². The van der Waals surface area contributed by atoms with Gasteiger partial charge < -0.3 is 4.74 Å². The van der Waals surface area contributed by atoms with Crippen LogP contribution in [0, 0.1) is 0 Å². The molecular formula is C12H17ClO. The number of rotatable bonds is 5. The van der Waals surface area contributed by atoms with Crippen LogP contribution in [0.25, 0.3) is 0 Å². The number of halogens is 1. The van der Waals surface area contributed by atoms with E-state index in [1.54, 1.807) is 0 Å². The Morgan fingerprint density at radius 3 is 2.71 bits per heavy atom. The third-order valence-corrected chi connectivity index (χ3v) is 2.53. The van der Waals surface area contributed by atoms with Crippen LogP contribution in [0.2, 0.25) is 5.02 Å². The predicted octanol–water partition coefficient (Wildman–Crippen LogP) is 4.08. The molecule has 0 aliphatic carbocycles. The van der Waals surface area contributed by atoms with Crippen LogP contribution in [0.4, 0.5) is 0 Å². The van der Waals surface area contributed by atoms with E-state index in [4.69, 9.17) is 16.3 Å². The second-order valence-electron chi connectivity index (χ2n) is 3.31. The summed E-state index contributed by atoms with van der Waals surface area (Å²) < 4.78 is 5.59. The molecule has 0 unspecified atom stereocenters. The molecule has 0 aliphatic heterocycles. The molecule has 2 heteroatoms. The smallest absolute Gasteiger partial charge is 0.119 e. The molecule has 0 bridgehead atoms. The lowest BCUT2D eigenvalue weighted by Gasteiger charge is -2.07. The highest BCUT2D eigenvalue weighted by Gasteiger charge is 2.00. The summed E-state index contributed by atoms with van der Waals surface area (Å²) in [5.41, 5.74) is 1.15. The summed E-state index contributed by atoms with van der Waals surface area (Å²) in [6.45, 7) is 5.04. The van der Waals surface area contributed by atoms with Gasteiger partial charge >= 0.3 is 0 Å². The lowest BCUT2D eigenvalue weighted by Crippen LogP contribution is -1.97. The van der Waals surface area contributed by atoms with Crippen LogP contribution in [0.1, 0.15) is 32.3 Å². The highest BCUT2D eigenvalue weighted by molar-refractivity contribution is 6.31. The molecule has 1 aromatic carbocycles. The molecule has 1 nitrogen and oxygen atoms in total. The maximum Gasteiger partial charge on any atom is 0.119 e. The van der Waals surface area contributed by atoms with Gasteiger partial charge in [0, 0.05) is 5.02 Å². The van der Waals surface area contributed by atoms with Crippen molar-refractivity contribution in [3.63, 3.8) is 0 Å². The summed E-state index contributed by atoms with van der Waals surface area (Å²) in [6.07, 6.45) is 3.21. The number of aryl methyl sites for hydroxylation is 1. The van der Waals surface area contributed by atoms with Crippen molar-refractivity contribution >= 4 is 11.6 Å². The topological polar surface area (TPSA) is 9.23 Å². The van der Waals surface area contributed by atoms with Gasteiger partial charge in [0.1, 0.15) is 5.75 Å². The van der Waals surface area contributed by atoms with Gasteiger partial charge in [-0.05, 0) is 36.6 Å². The Morgan fingerprint density at radius 1 is 1.29 bits per heavy atom. The molecule has 0 amide bonds. The Hall–Kier alpha value is -0.690. The number of hydrogen-bond donors (Lipinski definition) is 0. The minimum Gasteiger partial charge on any atom is -0.494 e. The van der Waals surface area contributed by atoms with Gasteiger partial charge in [-0.15, -0.1) is 0 Å². The summed E-state index contributed by atoms with van der Waals surface area (Å²) in [5.74, 6) is 0.930. The summed E-state index contributed by atoms with van der Waals surface area (Å²) >= 11 is 6.00. The zero-order valence-corrected chi connectivity index (χ0v) is 9.60. The van der Waals surface area contributed by atoms with E-state index in [2.05, 4.69) is 13.8 Å². The van der Waals surface area contributed by atoms with Crippen LogP contribution < -0.4 is 4.74 Å². The molecule has 0 atom stereocenters. The average molecular weight is 213 g/mol. The van der Waals surface area contributed by atoms with Gasteiger partial charge in [0.2, 0.25) is 0 Å². The van der Waals surface area contributed by atoms with Gasteiger partial charge in [-0.1, -0.05) is 31.9 Å². The van der Waals surface area contributed by atoms with Crippen LogP contribution >= 0.6 is 11.6 Å². The fraction of sp³-hybridized carbons (Fsp3) is 0.500. The van der Waals surface area contributed by atoms with E-state index in [0.717, 1.165) is 42.2 Å². The minimum atomic E-state index is 0.793. The molecule has 0 radical (unpaired) electrons. The van der Waals surface area contributed by atoms with Gasteiger partial charge in [-0.3, -0.25) is 0 Å². The molecule has 1 rings (SSSR count). The van der Waals surface area contributed by atoms with E-state index in [9.17, 15) is 0 Å². The third kappa shape index (κ3) is 3.22. The van der Waals surface area contributed by atoms with Crippen molar-refractivity contribution < 1.29 is 4.74 Å². The number of unbranched alkanes of at least 4 members (excludes halogenated alkanes) is 1. The van der Waals surface area contributed by atoms with Crippen molar-refractivity contribution in [2.24, 2.45) is 0 Å². The third-order valence-electron chi connectivity index (χ3n) is 2.16. The molecule has 0 aromatic heterocycles. The molecule has 0 spiro atoms. The predicted molar refractivity (Wildman–Crippen MR) is 61.2 cm³/mol. The van der Waals surface area contributed by atoms with Gasteiger partial charge in [0.05, 0.1) is 6.61 Å². The van der Waals surface area contributed by atoms with Crippen LogP contribution in [0.3, 0.4) is 0 Å². The van der Waals surface area contributed by atoms with Crippen molar-refractivity contribution in [3.05, 3.63) is 28.8 Å². The largest absolute Gasteiger partial charge is 0.494 e. The molecule has 14 heavy (non-hydrogen) atoms. The highest BCUT2D eigenvalue weighted by Crippen LogP contribution is 2.22. The second kappa shape index (κ2) is 5.92. The van der Waals surface area contributed by atoms with Crippen LogP contribution in [-0.2, 0) is 6.42 Å². The average Bonchev–Trinajstić information content (AvgIpc) is 2.21. The van der Waals surface area contributed by atoms with E-state index < -0.39 is 0 Å². The first kappa shape index (κ1) is 11.4. The second-order valence-corrected chi connectivity index (χ2v) is 3.72. The Morgan fingerprint density at radius 2 is 2.07 bits per heavy atom. The highest BCUT2D eigenvalue weighted by atomic mass is 35.5. The summed E-state index contributed by atoms with van der Waals surface area (Å²) in [6, 6.07) is 5.86. The molecular weight excluding hydrogens is 196 g/mol. The zero-order valence-electron chi connectivity index (χ0n) is 8.85. The molecule has 1 aromatic rings. The van der Waals surface area contributed by atoms with Crippen LogP contribution in [-0.4, -0.2) is 6.61 Å². The van der Waals surface area contributed by atoms with E-state index >= 15 is 0 Å². The molecule has 78 valence electrons. The summed E-state index contributed by atoms with van der Waals surface area (Å²) in [4.78, 5) is 0. The van der Waals surface area contributed by atoms with Crippen LogP contribution in [0.15, 0.2) is 18.2 Å². The Bertz CT molecular complexity index is 284. The van der Waals surface area contributed by atoms with E-state index in [1.165, 1.54) is 0 Å². The van der Waals surface area contributed by atoms with Crippen LogP contribution in [0.5, 0.6) is 5.75 Å². The normalized spacial score (nSPS) is 10.2. The summed E-state index contributed by atoms with van der Waals surface area (Å²) in [7, 11) is 0. The van der Waals surface area contributed by atoms with Gasteiger partial charge in [0.15, 0.2) is 0 Å². The minimum absolute atomic E-state index is 0.793. The maximum atomic E-state index is 6.00. The molecule has 0 aliphatic rings. The molecule has 0 heterocycles. The molecule has 0 fully saturated rings. The molecule has 0 saturated carbocycles. The number of ether oxygens (including phenoxy) is 1. The van der Waals surface area contributed by atoms with E-state index in [-0.39, 0.29) is 0 Å². The zero-order chi connectivity index (χ0) is 10.4. The lowest BCUT2D eigenvalue weighted by atomic mass is 10.1. The monoisotopic (exact) mass is 212 g/mol. The van der Waals surface area contributed by atoms with E-state index in [1.807, 2.05) is 18.2 Å². The number of benzene rings is 1. The summed E-state index contributed by atoms with van der Waals surface area (Å²) in [5, 5.41) is 0.829. The van der Waals surface area contributed by atoms with Crippen molar-refractivity contribution in [2.45, 2.75) is 33.1 Å². The fourth-order valence-corrected chi connectivity index (χ4v) is 1.50. The van der Waals surface area contributed by atoms with Crippen molar-refractivity contribution in [3.8, 4) is 5.75 Å². The first-order chi connectivity index (χ1) is 6.77. The first-order valence-electron chi connectivity index (χ1n) is 5.19. The molecule has 0 saturated heterocycles. The lowest BCUT2D eigenvalue weighted by molar-refractivity contribution is 0.309. The van der Waals surface area contributed by atoms with Gasteiger partial charge in [-0.25, -0.2) is 0 Å². The van der Waals surface area contributed by atoms with Crippen molar-refractivity contribution in [1.29, 1.82) is 0 Å². The first-order valence-corrected chi connectivity index (χ1v) is 5.57. The Kier molecular flexibility index (Phi) is 4.81. The Labute approximate surface area is 91.0 Å². The fourth-order valence-electron chi connectivity index (χ4n) is 1.25. The van der Waals surface area contributed by atoms with Crippen molar-refractivity contribution in [2.75, 3.05) is 6.61 Å². The van der Waals surface area contributed by atoms with Crippen molar-refractivity contribution in [1.82, 2.24) is 0 Å². The molecule has 0 N–H and O–H groups in total. The number of hydrogen-bond acceptors (Lipinski definition) is 1. The standard InChI is InChI=1S/C12H17ClO/c1-3-5-8-14-11-6-7-12(13)10(4-2)9-11/h6-7,9H,3-5,8H2,1-2H3. The maximum absolute atomic E-state index is 6.00. The SMILES string of the molecule is CCCCOc1ccc(Cl)c(CC)c1. The van der Waals surface area contributed by atoms with Gasteiger partial charge in [0.25, 0.3) is 0 Å².